The highest BCUT2D eigenvalue weighted by Gasteiger charge is 2.59. The van der Waals surface area contributed by atoms with Crippen LogP contribution in [-0.2, 0) is 9.59 Å². The number of fused-ring (bicyclic) bond motifs is 5. The van der Waals surface area contributed by atoms with Crippen molar-refractivity contribution in [1.82, 2.24) is 4.90 Å². The first-order valence-electron chi connectivity index (χ1n) is 7.60. The average Bonchev–Trinajstić information content (AvgIpc) is 3.16. The lowest BCUT2D eigenvalue weighted by molar-refractivity contribution is -0.140. The molecular weight excluding hydrogens is 300 g/mol. The third kappa shape index (κ3) is 1.90. The molecule has 4 rings (SSSR count). The SMILES string of the molecule is Cc1ccc(NCN2C(=O)[C@@H]3[C@H](C2=O)[C@H]2C=C[C@@H]3C2)cc1Cl. The van der Waals surface area contributed by atoms with Crippen LogP contribution < -0.4 is 5.32 Å². The average molecular weight is 317 g/mol. The Labute approximate surface area is 134 Å². The molecule has 0 aromatic heterocycles. The number of imide groups is 1. The second kappa shape index (κ2) is 4.85. The summed E-state index contributed by atoms with van der Waals surface area (Å²) in [5.41, 5.74) is 1.81. The standard InChI is InChI=1S/C17H17ClN2O2/c1-9-2-5-12(7-13(9)18)19-8-20-16(21)14-10-3-4-11(6-10)15(14)17(20)22/h2-5,7,10-11,14-15,19H,6,8H2,1H3/t10-,11+,14+,15-. The van der Waals surface area contributed by atoms with Crippen LogP contribution in [0.15, 0.2) is 30.4 Å². The van der Waals surface area contributed by atoms with E-state index in [4.69, 9.17) is 11.6 Å². The molecule has 0 radical (unpaired) electrons. The van der Waals surface area contributed by atoms with Crippen LogP contribution in [0.25, 0.3) is 0 Å². The number of allylic oxidation sites excluding steroid dienone is 2. The van der Waals surface area contributed by atoms with Gasteiger partial charge in [-0.1, -0.05) is 29.8 Å². The van der Waals surface area contributed by atoms with Crippen LogP contribution in [0.5, 0.6) is 0 Å². The molecule has 0 spiro atoms. The van der Waals surface area contributed by atoms with Gasteiger partial charge in [0.2, 0.25) is 11.8 Å². The Morgan fingerprint density at radius 3 is 2.41 bits per heavy atom. The Morgan fingerprint density at radius 2 is 1.82 bits per heavy atom. The lowest BCUT2D eigenvalue weighted by Crippen LogP contribution is -2.37. The molecule has 1 aromatic rings. The number of carbonyl (C=O) groups excluding carboxylic acids is 2. The zero-order valence-electron chi connectivity index (χ0n) is 12.3. The van der Waals surface area contributed by atoms with Crippen molar-refractivity contribution in [2.45, 2.75) is 13.3 Å². The predicted molar refractivity (Wildman–Crippen MR) is 84.2 cm³/mol. The molecule has 22 heavy (non-hydrogen) atoms. The summed E-state index contributed by atoms with van der Waals surface area (Å²) < 4.78 is 0. The Bertz CT molecular complexity index is 670. The van der Waals surface area contributed by atoms with E-state index in [0.717, 1.165) is 17.7 Å². The van der Waals surface area contributed by atoms with Crippen molar-refractivity contribution < 1.29 is 9.59 Å². The van der Waals surface area contributed by atoms with Gasteiger partial charge in [-0.2, -0.15) is 0 Å². The smallest absolute Gasteiger partial charge is 0.235 e. The quantitative estimate of drug-likeness (QED) is 0.689. The summed E-state index contributed by atoms with van der Waals surface area (Å²) in [7, 11) is 0. The Balaban J connectivity index is 1.49. The normalized spacial score (nSPS) is 32.0. The van der Waals surface area contributed by atoms with Gasteiger partial charge in [-0.15, -0.1) is 0 Å². The van der Waals surface area contributed by atoms with E-state index < -0.39 is 0 Å². The monoisotopic (exact) mass is 316 g/mol. The van der Waals surface area contributed by atoms with Gasteiger partial charge in [0.25, 0.3) is 0 Å². The van der Waals surface area contributed by atoms with E-state index in [2.05, 4.69) is 17.5 Å². The first kappa shape index (κ1) is 13.8. The summed E-state index contributed by atoms with van der Waals surface area (Å²) >= 11 is 6.10. The first-order valence-corrected chi connectivity index (χ1v) is 7.97. The molecule has 0 unspecified atom stereocenters. The zero-order chi connectivity index (χ0) is 15.4. The molecule has 2 amide bonds. The fraction of sp³-hybridized carbons (Fsp3) is 0.412. The highest BCUT2D eigenvalue weighted by molar-refractivity contribution is 6.31. The highest BCUT2D eigenvalue weighted by Crippen LogP contribution is 2.52. The minimum absolute atomic E-state index is 0.0300. The number of likely N-dealkylation sites (tertiary alicyclic amines) is 1. The number of halogens is 1. The maximum Gasteiger partial charge on any atom is 0.235 e. The Morgan fingerprint density at radius 1 is 1.18 bits per heavy atom. The van der Waals surface area contributed by atoms with Gasteiger partial charge >= 0.3 is 0 Å². The van der Waals surface area contributed by atoms with Gasteiger partial charge in [0.1, 0.15) is 0 Å². The van der Waals surface area contributed by atoms with Crippen LogP contribution in [0, 0.1) is 30.6 Å². The number of nitrogens with one attached hydrogen (secondary N) is 1. The first-order chi connectivity index (χ1) is 10.6. The van der Waals surface area contributed by atoms with Crippen LogP contribution in [0.2, 0.25) is 5.02 Å². The van der Waals surface area contributed by atoms with Gasteiger partial charge in [0, 0.05) is 10.7 Å². The molecule has 3 aliphatic rings. The molecule has 1 N–H and O–H groups in total. The lowest BCUT2D eigenvalue weighted by Gasteiger charge is -2.18. The van der Waals surface area contributed by atoms with E-state index in [1.165, 1.54) is 4.90 Å². The van der Waals surface area contributed by atoms with E-state index in [-0.39, 0.29) is 42.2 Å². The van der Waals surface area contributed by atoms with Crippen molar-refractivity contribution in [3.8, 4) is 0 Å². The van der Waals surface area contributed by atoms with Crippen molar-refractivity contribution in [1.29, 1.82) is 0 Å². The van der Waals surface area contributed by atoms with E-state index in [9.17, 15) is 9.59 Å². The highest BCUT2D eigenvalue weighted by atomic mass is 35.5. The van der Waals surface area contributed by atoms with Crippen LogP contribution >= 0.6 is 11.6 Å². The zero-order valence-corrected chi connectivity index (χ0v) is 13.0. The summed E-state index contributed by atoms with van der Waals surface area (Å²) in [6.07, 6.45) is 5.17. The van der Waals surface area contributed by atoms with Crippen LogP contribution in [0.1, 0.15) is 12.0 Å². The van der Waals surface area contributed by atoms with Crippen LogP contribution in [0.4, 0.5) is 5.69 Å². The predicted octanol–water partition coefficient (Wildman–Crippen LogP) is 2.82. The van der Waals surface area contributed by atoms with Crippen molar-refractivity contribution in [2.24, 2.45) is 23.7 Å². The molecule has 1 saturated carbocycles. The van der Waals surface area contributed by atoms with Gasteiger partial charge in [-0.3, -0.25) is 14.5 Å². The summed E-state index contributed by atoms with van der Waals surface area (Å²) in [5.74, 6) is 0.183. The number of hydrogen-bond donors (Lipinski definition) is 1. The molecule has 2 bridgehead atoms. The van der Waals surface area contributed by atoms with Crippen molar-refractivity contribution >= 4 is 29.1 Å². The van der Waals surface area contributed by atoms with Crippen molar-refractivity contribution in [3.05, 3.63) is 40.9 Å². The van der Waals surface area contributed by atoms with E-state index in [1.54, 1.807) is 0 Å². The molecule has 1 saturated heterocycles. The number of rotatable bonds is 3. The molecule has 1 aromatic carbocycles. The Hall–Kier alpha value is -1.81. The number of benzene rings is 1. The number of anilines is 1. The largest absolute Gasteiger partial charge is 0.367 e. The number of aryl methyl sites for hydroxylation is 1. The number of nitrogens with zero attached hydrogens (tertiary/aromatic N) is 1. The third-order valence-electron chi connectivity index (χ3n) is 5.17. The van der Waals surface area contributed by atoms with E-state index in [1.807, 2.05) is 25.1 Å². The van der Waals surface area contributed by atoms with Crippen LogP contribution in [0.3, 0.4) is 0 Å². The Kier molecular flexibility index (Phi) is 3.05. The molecule has 4 nitrogen and oxygen atoms in total. The third-order valence-corrected chi connectivity index (χ3v) is 5.58. The molecule has 114 valence electrons. The molecule has 2 aliphatic carbocycles. The summed E-state index contributed by atoms with van der Waals surface area (Å²) in [5, 5.41) is 3.80. The molecule has 5 heteroatoms. The van der Waals surface area contributed by atoms with Crippen molar-refractivity contribution in [2.75, 3.05) is 12.0 Å². The summed E-state index contributed by atoms with van der Waals surface area (Å²) in [6, 6.07) is 5.63. The molecular formula is C17H17ClN2O2. The minimum atomic E-state index is -0.133. The molecule has 1 aliphatic heterocycles. The van der Waals surface area contributed by atoms with Gasteiger partial charge in [-0.25, -0.2) is 0 Å². The maximum absolute atomic E-state index is 12.5. The summed E-state index contributed by atoms with van der Waals surface area (Å²) in [4.78, 5) is 26.4. The fourth-order valence-corrected chi connectivity index (χ4v) is 4.17. The molecule has 1 heterocycles. The lowest BCUT2D eigenvalue weighted by atomic mass is 9.85. The van der Waals surface area contributed by atoms with E-state index >= 15 is 0 Å². The topological polar surface area (TPSA) is 49.4 Å². The summed E-state index contributed by atoms with van der Waals surface area (Å²) in [6.45, 7) is 2.15. The fourth-order valence-electron chi connectivity index (χ4n) is 3.99. The van der Waals surface area contributed by atoms with E-state index in [0.29, 0.717) is 5.02 Å². The molecule has 2 fully saturated rings. The molecule has 4 atom stereocenters. The van der Waals surface area contributed by atoms with Gasteiger partial charge < -0.3 is 5.32 Å². The maximum atomic E-state index is 12.5. The van der Waals surface area contributed by atoms with Crippen molar-refractivity contribution in [3.63, 3.8) is 0 Å². The van der Waals surface area contributed by atoms with Gasteiger partial charge in [0.15, 0.2) is 0 Å². The second-order valence-electron chi connectivity index (χ2n) is 6.40. The second-order valence-corrected chi connectivity index (χ2v) is 6.81. The van der Waals surface area contributed by atoms with Gasteiger partial charge in [0.05, 0.1) is 18.5 Å². The number of hydrogen-bond acceptors (Lipinski definition) is 3. The van der Waals surface area contributed by atoms with Crippen LogP contribution in [-0.4, -0.2) is 23.4 Å². The van der Waals surface area contributed by atoms with Gasteiger partial charge in [-0.05, 0) is 42.9 Å². The minimum Gasteiger partial charge on any atom is -0.367 e. The number of amides is 2. The number of carbonyl (C=O) groups is 2.